The summed E-state index contributed by atoms with van der Waals surface area (Å²) in [7, 11) is 2.12. The van der Waals surface area contributed by atoms with Gasteiger partial charge < -0.3 is 24.4 Å². The van der Waals surface area contributed by atoms with Crippen molar-refractivity contribution in [1.82, 2.24) is 34.6 Å². The van der Waals surface area contributed by atoms with E-state index in [-0.39, 0.29) is 12.6 Å². The van der Waals surface area contributed by atoms with E-state index < -0.39 is 0 Å². The topological polar surface area (TPSA) is 100 Å². The number of rotatable bonds is 7. The minimum atomic E-state index is 0.187. The zero-order valence-electron chi connectivity index (χ0n) is 18.4. The van der Waals surface area contributed by atoms with Gasteiger partial charge in [-0.3, -0.25) is 5.10 Å². The largest absolute Gasteiger partial charge is 0.450 e. The number of hydrogen-bond donors (Lipinski definition) is 2. The minimum absolute atomic E-state index is 0.187. The Balaban J connectivity index is 1.46. The van der Waals surface area contributed by atoms with Crippen LogP contribution in [0.4, 0.5) is 17.5 Å². The summed E-state index contributed by atoms with van der Waals surface area (Å²) in [6.45, 7) is 10.1. The van der Waals surface area contributed by atoms with Crippen molar-refractivity contribution in [3.8, 4) is 17.9 Å². The fraction of sp³-hybridized carbons (Fsp3) is 0.364. The Morgan fingerprint density at radius 1 is 1.22 bits per heavy atom. The van der Waals surface area contributed by atoms with Crippen LogP contribution in [-0.2, 0) is 6.54 Å². The van der Waals surface area contributed by atoms with Gasteiger partial charge in [-0.05, 0) is 20.0 Å². The molecule has 0 atom stereocenters. The van der Waals surface area contributed by atoms with Crippen molar-refractivity contribution in [3.05, 3.63) is 42.6 Å². The van der Waals surface area contributed by atoms with E-state index in [4.69, 9.17) is 4.74 Å². The summed E-state index contributed by atoms with van der Waals surface area (Å²) in [6.07, 6.45) is 5.29. The molecular formula is C22H27N9O. The van der Waals surface area contributed by atoms with Gasteiger partial charge in [0.05, 0.1) is 12.2 Å². The van der Waals surface area contributed by atoms with E-state index in [1.54, 1.807) is 12.3 Å². The molecule has 4 rings (SSSR count). The van der Waals surface area contributed by atoms with Crippen LogP contribution in [0.1, 0.15) is 11.5 Å². The lowest BCUT2D eigenvalue weighted by Crippen LogP contribution is -2.44. The Morgan fingerprint density at radius 2 is 2.06 bits per heavy atom. The summed E-state index contributed by atoms with van der Waals surface area (Å²) in [5.41, 5.74) is 0.894. The maximum Gasteiger partial charge on any atom is 0.321 e. The molecule has 10 nitrogen and oxygen atoms in total. The minimum Gasteiger partial charge on any atom is -0.450 e. The molecule has 166 valence electrons. The number of imidazole rings is 1. The predicted molar refractivity (Wildman–Crippen MR) is 124 cm³/mol. The summed E-state index contributed by atoms with van der Waals surface area (Å²) in [4.78, 5) is 17.8. The molecule has 0 aliphatic carbocycles. The zero-order chi connectivity index (χ0) is 22.3. The molecule has 0 aromatic carbocycles. The molecule has 0 radical (unpaired) electrons. The second-order valence-corrected chi connectivity index (χ2v) is 7.49. The first kappa shape index (κ1) is 21.4. The molecule has 0 amide bonds. The highest BCUT2D eigenvalue weighted by molar-refractivity contribution is 5.57. The molecule has 1 fully saturated rings. The lowest BCUT2D eigenvalue weighted by Gasteiger charge is -2.33. The number of nitrogens with one attached hydrogen (secondary N) is 2. The Labute approximate surface area is 187 Å². The van der Waals surface area contributed by atoms with Crippen LogP contribution in [0, 0.1) is 18.8 Å². The standard InChI is InChI=1S/C22H27N9O/c1-4-20-23-7-9-30(20)8-5-6-14-32-22-25-18(24-19-15-17(2)27-28-19)16-21(26-22)31-12-10-29(3)11-13-31/h4,7,9,15-16H,1,8,10-14H2,2-3H3,(H2,24,25,26,27,28). The van der Waals surface area contributed by atoms with Gasteiger partial charge in [0.25, 0.3) is 0 Å². The van der Waals surface area contributed by atoms with E-state index in [2.05, 4.69) is 65.7 Å². The molecule has 0 bridgehead atoms. The second-order valence-electron chi connectivity index (χ2n) is 7.49. The van der Waals surface area contributed by atoms with E-state index in [0.29, 0.717) is 12.4 Å². The predicted octanol–water partition coefficient (Wildman–Crippen LogP) is 1.93. The number of nitrogens with zero attached hydrogens (tertiary/aromatic N) is 7. The van der Waals surface area contributed by atoms with E-state index >= 15 is 0 Å². The van der Waals surface area contributed by atoms with Crippen molar-refractivity contribution < 1.29 is 4.74 Å². The number of piperazine rings is 1. The van der Waals surface area contributed by atoms with Crippen molar-refractivity contribution in [3.63, 3.8) is 0 Å². The molecule has 10 heteroatoms. The van der Waals surface area contributed by atoms with Gasteiger partial charge in [0.1, 0.15) is 23.3 Å². The molecule has 0 spiro atoms. The number of likely N-dealkylation sites (N-methyl/N-ethyl adjacent to an activating group) is 1. The molecule has 32 heavy (non-hydrogen) atoms. The third kappa shape index (κ3) is 5.44. The van der Waals surface area contributed by atoms with Gasteiger partial charge in [0, 0.05) is 50.7 Å². The summed E-state index contributed by atoms with van der Waals surface area (Å²) in [5, 5.41) is 10.3. The summed E-state index contributed by atoms with van der Waals surface area (Å²) in [5.74, 6) is 9.08. The van der Waals surface area contributed by atoms with Crippen LogP contribution in [0.5, 0.6) is 6.01 Å². The molecule has 3 aromatic heterocycles. The van der Waals surface area contributed by atoms with Crippen LogP contribution in [-0.4, -0.2) is 74.4 Å². The Hall–Kier alpha value is -3.84. The summed E-state index contributed by atoms with van der Waals surface area (Å²) in [6, 6.07) is 4.12. The lowest BCUT2D eigenvalue weighted by atomic mass is 10.3. The normalized spacial score (nSPS) is 14.0. The van der Waals surface area contributed by atoms with Gasteiger partial charge in [-0.15, -0.1) is 0 Å². The van der Waals surface area contributed by atoms with E-state index in [1.165, 1.54) is 0 Å². The third-order valence-electron chi connectivity index (χ3n) is 5.07. The molecule has 0 saturated carbocycles. The van der Waals surface area contributed by atoms with Crippen LogP contribution in [0.25, 0.3) is 6.08 Å². The average Bonchev–Trinajstić information content (AvgIpc) is 3.42. The van der Waals surface area contributed by atoms with Gasteiger partial charge in [-0.25, -0.2) is 4.98 Å². The van der Waals surface area contributed by atoms with Crippen molar-refractivity contribution in [2.24, 2.45) is 0 Å². The maximum atomic E-state index is 5.77. The number of anilines is 3. The third-order valence-corrected chi connectivity index (χ3v) is 5.07. The SMILES string of the molecule is C=Cc1nccn1CC#CCOc1nc(Nc2cc(C)n[nH]2)cc(N2CCN(C)CC2)n1. The summed E-state index contributed by atoms with van der Waals surface area (Å²) < 4.78 is 7.69. The highest BCUT2D eigenvalue weighted by Crippen LogP contribution is 2.23. The van der Waals surface area contributed by atoms with Crippen molar-refractivity contribution >= 4 is 23.5 Å². The van der Waals surface area contributed by atoms with Crippen LogP contribution in [0.15, 0.2) is 31.1 Å². The monoisotopic (exact) mass is 433 g/mol. The number of aryl methyl sites for hydroxylation is 1. The highest BCUT2D eigenvalue weighted by Gasteiger charge is 2.18. The fourth-order valence-electron chi connectivity index (χ4n) is 3.30. The summed E-state index contributed by atoms with van der Waals surface area (Å²) >= 11 is 0. The Bertz CT molecular complexity index is 1120. The van der Waals surface area contributed by atoms with Gasteiger partial charge in [-0.1, -0.05) is 18.4 Å². The van der Waals surface area contributed by atoms with Crippen LogP contribution in [0.3, 0.4) is 0 Å². The smallest absolute Gasteiger partial charge is 0.321 e. The number of ether oxygens (including phenoxy) is 1. The number of aromatic amines is 1. The fourth-order valence-corrected chi connectivity index (χ4v) is 3.30. The van der Waals surface area contributed by atoms with E-state index in [9.17, 15) is 0 Å². The van der Waals surface area contributed by atoms with Gasteiger partial charge in [-0.2, -0.15) is 15.1 Å². The molecule has 2 N–H and O–H groups in total. The molecule has 4 heterocycles. The molecule has 3 aromatic rings. The van der Waals surface area contributed by atoms with E-state index in [0.717, 1.165) is 49.3 Å². The van der Waals surface area contributed by atoms with Gasteiger partial charge in [0.15, 0.2) is 6.61 Å². The molecule has 1 aliphatic heterocycles. The first-order valence-corrected chi connectivity index (χ1v) is 10.4. The zero-order valence-corrected chi connectivity index (χ0v) is 18.4. The number of H-pyrrole nitrogens is 1. The van der Waals surface area contributed by atoms with Crippen LogP contribution < -0.4 is 15.0 Å². The molecule has 1 aliphatic rings. The molecule has 1 saturated heterocycles. The highest BCUT2D eigenvalue weighted by atomic mass is 16.5. The van der Waals surface area contributed by atoms with Gasteiger partial charge >= 0.3 is 6.01 Å². The molecule has 0 unspecified atom stereocenters. The number of aromatic nitrogens is 6. The van der Waals surface area contributed by atoms with Crippen molar-refractivity contribution in [1.29, 1.82) is 0 Å². The Kier molecular flexibility index (Phi) is 6.67. The van der Waals surface area contributed by atoms with Crippen molar-refractivity contribution in [2.45, 2.75) is 13.5 Å². The maximum absolute atomic E-state index is 5.77. The molecular weight excluding hydrogens is 406 g/mol. The number of hydrogen-bond acceptors (Lipinski definition) is 8. The van der Waals surface area contributed by atoms with Crippen LogP contribution in [0.2, 0.25) is 0 Å². The van der Waals surface area contributed by atoms with Crippen molar-refractivity contribution in [2.75, 3.05) is 50.1 Å². The lowest BCUT2D eigenvalue weighted by molar-refractivity contribution is 0.310. The average molecular weight is 434 g/mol. The first-order valence-electron chi connectivity index (χ1n) is 10.4. The Morgan fingerprint density at radius 3 is 2.81 bits per heavy atom. The van der Waals surface area contributed by atoms with Gasteiger partial charge in [0.2, 0.25) is 0 Å². The second kappa shape index (κ2) is 9.98. The first-order chi connectivity index (χ1) is 15.6. The van der Waals surface area contributed by atoms with Crippen LogP contribution >= 0.6 is 0 Å². The van der Waals surface area contributed by atoms with E-state index in [1.807, 2.05) is 29.8 Å². The quantitative estimate of drug-likeness (QED) is 0.545.